The predicted molar refractivity (Wildman–Crippen MR) is 70.8 cm³/mol. The van der Waals surface area contributed by atoms with Crippen LogP contribution in [0.15, 0.2) is 9.64 Å². The van der Waals surface area contributed by atoms with E-state index in [0.29, 0.717) is 11.0 Å². The molecule has 100 valence electrons. The Labute approximate surface area is 111 Å². The summed E-state index contributed by atoms with van der Waals surface area (Å²) in [7, 11) is 0. The van der Waals surface area contributed by atoms with Gasteiger partial charge in [0.1, 0.15) is 5.76 Å². The lowest BCUT2D eigenvalue weighted by Gasteiger charge is -2.19. The van der Waals surface area contributed by atoms with E-state index in [4.69, 9.17) is 4.42 Å². The van der Waals surface area contributed by atoms with Crippen LogP contribution in [-0.4, -0.2) is 47.7 Å². The molecule has 1 N–H and O–H groups in total. The van der Waals surface area contributed by atoms with Crippen molar-refractivity contribution >= 4 is 17.7 Å². The van der Waals surface area contributed by atoms with Crippen LogP contribution in [-0.2, 0) is 4.79 Å². The monoisotopic (exact) mass is 269 g/mol. The fourth-order valence-electron chi connectivity index (χ4n) is 1.81. The highest BCUT2D eigenvalue weighted by Gasteiger charge is 2.16. The number of thioether (sulfide) groups is 1. The lowest BCUT2D eigenvalue weighted by atomic mass is 10.4. The summed E-state index contributed by atoms with van der Waals surface area (Å²) in [5, 5.41) is 3.87. The van der Waals surface area contributed by atoms with E-state index in [2.05, 4.69) is 10.3 Å². The molecule has 2 rings (SSSR count). The first-order valence-corrected chi connectivity index (χ1v) is 7.20. The number of hydrogen-bond acceptors (Lipinski definition) is 5. The van der Waals surface area contributed by atoms with Crippen LogP contribution in [0.3, 0.4) is 0 Å². The molecule has 0 spiro atoms. The Balaban J connectivity index is 1.83. The molecule has 0 unspecified atom stereocenters. The normalized spacial score (nSPS) is 16.7. The molecule has 5 nitrogen and oxygen atoms in total. The number of rotatable bonds is 3. The van der Waals surface area contributed by atoms with Gasteiger partial charge in [-0.3, -0.25) is 4.79 Å². The summed E-state index contributed by atoms with van der Waals surface area (Å²) in [5.74, 6) is 1.39. The Kier molecular flexibility index (Phi) is 4.66. The zero-order valence-electron chi connectivity index (χ0n) is 10.9. The zero-order valence-corrected chi connectivity index (χ0v) is 11.7. The first-order valence-electron chi connectivity index (χ1n) is 6.22. The Morgan fingerprint density at radius 2 is 2.28 bits per heavy atom. The number of nitrogens with one attached hydrogen (secondary N) is 1. The second-order valence-corrected chi connectivity index (χ2v) is 5.32. The third kappa shape index (κ3) is 3.49. The topological polar surface area (TPSA) is 58.4 Å². The molecule has 1 aliphatic heterocycles. The van der Waals surface area contributed by atoms with Gasteiger partial charge in [0.05, 0.1) is 11.4 Å². The van der Waals surface area contributed by atoms with Crippen LogP contribution in [0.25, 0.3) is 0 Å². The van der Waals surface area contributed by atoms with Crippen molar-refractivity contribution in [2.75, 3.05) is 31.9 Å². The Morgan fingerprint density at radius 3 is 3.00 bits per heavy atom. The number of hydrogen-bond donors (Lipinski definition) is 1. The van der Waals surface area contributed by atoms with E-state index in [1.807, 2.05) is 18.7 Å². The van der Waals surface area contributed by atoms with Gasteiger partial charge in [0.25, 0.3) is 5.22 Å². The molecule has 18 heavy (non-hydrogen) atoms. The summed E-state index contributed by atoms with van der Waals surface area (Å²) >= 11 is 1.37. The van der Waals surface area contributed by atoms with E-state index >= 15 is 0 Å². The quantitative estimate of drug-likeness (QED) is 0.836. The number of aromatic nitrogens is 1. The van der Waals surface area contributed by atoms with E-state index in [9.17, 15) is 4.79 Å². The minimum atomic E-state index is 0.164. The minimum absolute atomic E-state index is 0.164. The van der Waals surface area contributed by atoms with Crippen LogP contribution in [0.2, 0.25) is 0 Å². The van der Waals surface area contributed by atoms with Crippen LogP contribution in [0, 0.1) is 13.8 Å². The fourth-order valence-corrected chi connectivity index (χ4v) is 2.63. The number of oxazole rings is 1. The molecule has 0 atom stereocenters. The van der Waals surface area contributed by atoms with Crippen molar-refractivity contribution in [3.63, 3.8) is 0 Å². The molecule has 1 fully saturated rings. The van der Waals surface area contributed by atoms with Gasteiger partial charge in [0.2, 0.25) is 5.91 Å². The first-order chi connectivity index (χ1) is 8.66. The second-order valence-electron chi connectivity index (χ2n) is 4.39. The van der Waals surface area contributed by atoms with Crippen LogP contribution < -0.4 is 5.32 Å². The number of aryl methyl sites for hydroxylation is 2. The van der Waals surface area contributed by atoms with E-state index in [1.54, 1.807) is 0 Å². The molecule has 0 saturated carbocycles. The lowest BCUT2D eigenvalue weighted by Crippen LogP contribution is -2.35. The third-order valence-electron chi connectivity index (χ3n) is 3.02. The highest BCUT2D eigenvalue weighted by molar-refractivity contribution is 7.99. The van der Waals surface area contributed by atoms with Gasteiger partial charge in [-0.25, -0.2) is 4.98 Å². The molecule has 1 aromatic heterocycles. The van der Waals surface area contributed by atoms with Crippen molar-refractivity contribution in [3.8, 4) is 0 Å². The third-order valence-corrected chi connectivity index (χ3v) is 3.83. The summed E-state index contributed by atoms with van der Waals surface area (Å²) in [4.78, 5) is 18.2. The van der Waals surface area contributed by atoms with E-state index in [-0.39, 0.29) is 5.91 Å². The van der Waals surface area contributed by atoms with Crippen LogP contribution in [0.5, 0.6) is 0 Å². The van der Waals surface area contributed by atoms with E-state index in [0.717, 1.165) is 44.1 Å². The van der Waals surface area contributed by atoms with Crippen LogP contribution >= 0.6 is 11.8 Å². The molecular weight excluding hydrogens is 250 g/mol. The maximum atomic E-state index is 12.0. The molecule has 0 aromatic carbocycles. The fraction of sp³-hybridized carbons (Fsp3) is 0.667. The molecular formula is C12H19N3O2S. The molecule has 1 amide bonds. The van der Waals surface area contributed by atoms with Gasteiger partial charge in [0.15, 0.2) is 0 Å². The van der Waals surface area contributed by atoms with Crippen LogP contribution in [0.4, 0.5) is 0 Å². The molecule has 0 radical (unpaired) electrons. The van der Waals surface area contributed by atoms with Crippen molar-refractivity contribution in [2.24, 2.45) is 0 Å². The SMILES string of the molecule is Cc1nc(SCC(=O)N2CCCNCC2)oc1C. The molecule has 0 aliphatic carbocycles. The molecule has 6 heteroatoms. The minimum Gasteiger partial charge on any atom is -0.437 e. The summed E-state index contributed by atoms with van der Waals surface area (Å²) in [5.41, 5.74) is 0.893. The van der Waals surface area contributed by atoms with Crippen molar-refractivity contribution in [1.29, 1.82) is 0 Å². The Morgan fingerprint density at radius 1 is 1.44 bits per heavy atom. The standard InChI is InChI=1S/C12H19N3O2S/c1-9-10(2)17-12(14-9)18-8-11(16)15-6-3-4-13-5-7-15/h13H,3-8H2,1-2H3. The van der Waals surface area contributed by atoms with Crippen molar-refractivity contribution in [2.45, 2.75) is 25.5 Å². The van der Waals surface area contributed by atoms with Gasteiger partial charge in [-0.15, -0.1) is 0 Å². The number of amides is 1. The van der Waals surface area contributed by atoms with Crippen molar-refractivity contribution in [3.05, 3.63) is 11.5 Å². The molecule has 2 heterocycles. The Bertz CT molecular complexity index is 392. The second kappa shape index (κ2) is 6.24. The lowest BCUT2D eigenvalue weighted by molar-refractivity contribution is -0.128. The summed E-state index contributed by atoms with van der Waals surface area (Å²) < 4.78 is 5.45. The van der Waals surface area contributed by atoms with Crippen LogP contribution in [0.1, 0.15) is 17.9 Å². The van der Waals surface area contributed by atoms with Gasteiger partial charge < -0.3 is 14.6 Å². The highest BCUT2D eigenvalue weighted by Crippen LogP contribution is 2.20. The maximum Gasteiger partial charge on any atom is 0.256 e. The first kappa shape index (κ1) is 13.4. The van der Waals surface area contributed by atoms with E-state index in [1.165, 1.54) is 11.8 Å². The predicted octanol–water partition coefficient (Wildman–Crippen LogP) is 1.21. The molecule has 0 bridgehead atoms. The van der Waals surface area contributed by atoms with Crippen molar-refractivity contribution < 1.29 is 9.21 Å². The molecule has 1 saturated heterocycles. The summed E-state index contributed by atoms with van der Waals surface area (Å²) in [6, 6.07) is 0. The number of carbonyl (C=O) groups is 1. The van der Waals surface area contributed by atoms with Gasteiger partial charge >= 0.3 is 0 Å². The Hall–Kier alpha value is -1.01. The highest BCUT2D eigenvalue weighted by atomic mass is 32.2. The van der Waals surface area contributed by atoms with Crippen molar-refractivity contribution in [1.82, 2.24) is 15.2 Å². The summed E-state index contributed by atoms with van der Waals surface area (Å²) in [6.07, 6.45) is 1.02. The van der Waals surface area contributed by atoms with E-state index < -0.39 is 0 Å². The maximum absolute atomic E-state index is 12.0. The average Bonchev–Trinajstić information content (AvgIpc) is 2.60. The van der Waals surface area contributed by atoms with Gasteiger partial charge in [-0.1, -0.05) is 11.8 Å². The zero-order chi connectivity index (χ0) is 13.0. The van der Waals surface area contributed by atoms with Gasteiger partial charge in [0, 0.05) is 19.6 Å². The van der Waals surface area contributed by atoms with Gasteiger partial charge in [-0.2, -0.15) is 0 Å². The average molecular weight is 269 g/mol. The number of nitrogens with zero attached hydrogens (tertiary/aromatic N) is 2. The number of carbonyl (C=O) groups excluding carboxylic acids is 1. The molecule has 1 aromatic rings. The summed E-state index contributed by atoms with van der Waals surface area (Å²) in [6.45, 7) is 7.31. The smallest absolute Gasteiger partial charge is 0.256 e. The largest absolute Gasteiger partial charge is 0.437 e. The van der Waals surface area contributed by atoms with Gasteiger partial charge in [-0.05, 0) is 26.8 Å². The molecule has 1 aliphatic rings.